The lowest BCUT2D eigenvalue weighted by atomic mass is 10.1. The Morgan fingerprint density at radius 3 is 2.57 bits per heavy atom. The van der Waals surface area contributed by atoms with Crippen LogP contribution in [0, 0.1) is 25.3 Å². The molecule has 0 fully saturated rings. The Bertz CT molecular complexity index is 737. The summed E-state index contributed by atoms with van der Waals surface area (Å²) < 4.78 is 28.3. The van der Waals surface area contributed by atoms with Crippen LogP contribution in [0.4, 0.5) is 20.2 Å². The fourth-order valence-electron chi connectivity index (χ4n) is 1.65. The lowest BCUT2D eigenvalue weighted by Gasteiger charge is -2.07. The molecule has 2 rings (SSSR count). The van der Waals surface area contributed by atoms with Gasteiger partial charge in [-0.1, -0.05) is 6.07 Å². The van der Waals surface area contributed by atoms with E-state index >= 15 is 0 Å². The van der Waals surface area contributed by atoms with Crippen molar-refractivity contribution in [1.82, 2.24) is 0 Å². The lowest BCUT2D eigenvalue weighted by molar-refractivity contribution is -0.387. The molecule has 108 valence electrons. The van der Waals surface area contributed by atoms with Crippen molar-refractivity contribution < 1.29 is 18.5 Å². The highest BCUT2D eigenvalue weighted by atomic mass is 127. The van der Waals surface area contributed by atoms with E-state index in [1.54, 1.807) is 18.2 Å². The van der Waals surface area contributed by atoms with Gasteiger partial charge in [-0.25, -0.2) is 4.39 Å². The maximum absolute atomic E-state index is 13.9. The Kier molecular flexibility index (Phi) is 4.46. The molecule has 21 heavy (non-hydrogen) atoms. The summed E-state index contributed by atoms with van der Waals surface area (Å²) in [7, 11) is 0. The number of carbonyl (C=O) groups excluding carboxylic acids is 1. The molecule has 2 aromatic rings. The second-order valence-electron chi connectivity index (χ2n) is 3.98. The minimum Gasteiger partial charge on any atom is -0.322 e. The predicted octanol–water partition coefficient (Wildman–Crippen LogP) is 3.73. The predicted molar refractivity (Wildman–Crippen MR) is 80.1 cm³/mol. The van der Waals surface area contributed by atoms with Crippen molar-refractivity contribution in [3.05, 3.63) is 67.3 Å². The van der Waals surface area contributed by atoms with E-state index in [-0.39, 0.29) is 0 Å². The molecule has 0 bridgehead atoms. The van der Waals surface area contributed by atoms with E-state index in [9.17, 15) is 23.7 Å². The van der Waals surface area contributed by atoms with Gasteiger partial charge in [0.15, 0.2) is 0 Å². The average Bonchev–Trinajstić information content (AvgIpc) is 2.38. The summed E-state index contributed by atoms with van der Waals surface area (Å²) in [6.45, 7) is 0. The van der Waals surface area contributed by atoms with Crippen LogP contribution < -0.4 is 5.32 Å². The Morgan fingerprint density at radius 1 is 1.24 bits per heavy atom. The highest BCUT2D eigenvalue weighted by Gasteiger charge is 2.26. The first-order chi connectivity index (χ1) is 9.90. The third kappa shape index (κ3) is 3.32. The molecule has 1 N–H and O–H groups in total. The maximum Gasteiger partial charge on any atom is 0.305 e. The topological polar surface area (TPSA) is 72.2 Å². The zero-order valence-corrected chi connectivity index (χ0v) is 12.4. The van der Waals surface area contributed by atoms with Crippen LogP contribution in [-0.4, -0.2) is 10.8 Å². The standard InChI is InChI=1S/C13H7F2IN2O3/c14-9-4-5-10(18(20)21)12(15)11(9)13(19)17-8-3-1-2-7(16)6-8/h1-6H,(H,17,19). The van der Waals surface area contributed by atoms with Crippen LogP contribution in [0.3, 0.4) is 0 Å². The minimum absolute atomic E-state index is 0.331. The number of hydrogen-bond donors (Lipinski definition) is 1. The first kappa shape index (κ1) is 15.3. The number of hydrogen-bond acceptors (Lipinski definition) is 3. The van der Waals surface area contributed by atoms with Gasteiger partial charge in [-0.15, -0.1) is 0 Å². The number of rotatable bonds is 3. The smallest absolute Gasteiger partial charge is 0.305 e. The molecular formula is C13H7F2IN2O3. The molecule has 0 saturated heterocycles. The fourth-order valence-corrected chi connectivity index (χ4v) is 2.19. The molecule has 0 unspecified atom stereocenters. The monoisotopic (exact) mass is 404 g/mol. The van der Waals surface area contributed by atoms with Gasteiger partial charge < -0.3 is 5.32 Å². The van der Waals surface area contributed by atoms with Crippen LogP contribution in [0.25, 0.3) is 0 Å². The summed E-state index contributed by atoms with van der Waals surface area (Å²) >= 11 is 2.01. The van der Waals surface area contributed by atoms with Crippen LogP contribution in [0.1, 0.15) is 10.4 Å². The summed E-state index contributed by atoms with van der Waals surface area (Å²) in [5, 5.41) is 12.9. The Hall–Kier alpha value is -2.10. The number of nitro benzene ring substituents is 1. The summed E-state index contributed by atoms with van der Waals surface area (Å²) in [6.07, 6.45) is 0. The quantitative estimate of drug-likeness (QED) is 0.482. The van der Waals surface area contributed by atoms with Crippen LogP contribution in [0.5, 0.6) is 0 Å². The molecule has 0 aliphatic heterocycles. The van der Waals surface area contributed by atoms with Crippen molar-refractivity contribution in [2.75, 3.05) is 5.32 Å². The molecule has 0 radical (unpaired) electrons. The van der Waals surface area contributed by atoms with E-state index in [0.717, 1.165) is 3.57 Å². The lowest BCUT2D eigenvalue weighted by Crippen LogP contribution is -2.16. The van der Waals surface area contributed by atoms with Gasteiger partial charge in [0.2, 0.25) is 5.82 Å². The molecule has 2 aromatic carbocycles. The van der Waals surface area contributed by atoms with E-state index < -0.39 is 33.7 Å². The Balaban J connectivity index is 2.39. The molecule has 0 aliphatic carbocycles. The van der Waals surface area contributed by atoms with E-state index in [1.165, 1.54) is 6.07 Å². The molecule has 8 heteroatoms. The average molecular weight is 404 g/mol. The van der Waals surface area contributed by atoms with Crippen LogP contribution in [-0.2, 0) is 0 Å². The van der Waals surface area contributed by atoms with Gasteiger partial charge in [0.25, 0.3) is 5.91 Å². The van der Waals surface area contributed by atoms with Crippen LogP contribution >= 0.6 is 22.6 Å². The fraction of sp³-hybridized carbons (Fsp3) is 0. The van der Waals surface area contributed by atoms with E-state index in [0.29, 0.717) is 17.8 Å². The third-order valence-electron chi connectivity index (χ3n) is 2.58. The molecule has 0 spiro atoms. The summed E-state index contributed by atoms with van der Waals surface area (Å²) in [5.74, 6) is -3.75. The van der Waals surface area contributed by atoms with Gasteiger partial charge >= 0.3 is 5.69 Å². The van der Waals surface area contributed by atoms with E-state index in [2.05, 4.69) is 5.32 Å². The molecule has 1 amide bonds. The molecular weight excluding hydrogens is 397 g/mol. The first-order valence-corrected chi connectivity index (χ1v) is 6.67. The summed E-state index contributed by atoms with van der Waals surface area (Å²) in [5.41, 5.74) is -1.61. The molecule has 0 heterocycles. The van der Waals surface area contributed by atoms with Crippen LogP contribution in [0.15, 0.2) is 36.4 Å². The van der Waals surface area contributed by atoms with Gasteiger partial charge in [0.1, 0.15) is 11.4 Å². The number of halogens is 3. The van der Waals surface area contributed by atoms with Crippen molar-refractivity contribution in [2.45, 2.75) is 0 Å². The Labute approximate surface area is 131 Å². The molecule has 5 nitrogen and oxygen atoms in total. The number of nitrogens with zero attached hydrogens (tertiary/aromatic N) is 1. The first-order valence-electron chi connectivity index (χ1n) is 5.59. The number of nitro groups is 1. The van der Waals surface area contributed by atoms with E-state index in [1.807, 2.05) is 22.6 Å². The van der Waals surface area contributed by atoms with Crippen molar-refractivity contribution in [1.29, 1.82) is 0 Å². The highest BCUT2D eigenvalue weighted by Crippen LogP contribution is 2.24. The molecule has 0 saturated carbocycles. The summed E-state index contributed by atoms with van der Waals surface area (Å²) in [4.78, 5) is 21.5. The van der Waals surface area contributed by atoms with Crippen LogP contribution in [0.2, 0.25) is 0 Å². The van der Waals surface area contributed by atoms with Gasteiger partial charge in [0, 0.05) is 15.3 Å². The number of anilines is 1. The Morgan fingerprint density at radius 2 is 1.95 bits per heavy atom. The number of nitrogens with one attached hydrogen (secondary N) is 1. The second kappa shape index (κ2) is 6.12. The summed E-state index contributed by atoms with van der Waals surface area (Å²) in [6, 6.07) is 7.90. The second-order valence-corrected chi connectivity index (χ2v) is 5.22. The maximum atomic E-state index is 13.9. The number of carbonyl (C=O) groups is 1. The molecule has 0 aliphatic rings. The van der Waals surface area contributed by atoms with Gasteiger partial charge in [-0.2, -0.15) is 4.39 Å². The normalized spacial score (nSPS) is 10.2. The van der Waals surface area contributed by atoms with Crippen molar-refractivity contribution in [3.8, 4) is 0 Å². The number of benzene rings is 2. The van der Waals surface area contributed by atoms with Crippen molar-refractivity contribution >= 4 is 39.9 Å². The highest BCUT2D eigenvalue weighted by molar-refractivity contribution is 14.1. The zero-order chi connectivity index (χ0) is 15.6. The largest absolute Gasteiger partial charge is 0.322 e. The van der Waals surface area contributed by atoms with Gasteiger partial charge in [-0.3, -0.25) is 14.9 Å². The van der Waals surface area contributed by atoms with E-state index in [4.69, 9.17) is 0 Å². The minimum atomic E-state index is -1.50. The zero-order valence-electron chi connectivity index (χ0n) is 10.3. The van der Waals surface area contributed by atoms with Gasteiger partial charge in [-0.05, 0) is 46.9 Å². The van der Waals surface area contributed by atoms with Crippen molar-refractivity contribution in [3.63, 3.8) is 0 Å². The third-order valence-corrected chi connectivity index (χ3v) is 3.25. The number of amides is 1. The van der Waals surface area contributed by atoms with Gasteiger partial charge in [0.05, 0.1) is 4.92 Å². The van der Waals surface area contributed by atoms with Crippen molar-refractivity contribution in [2.24, 2.45) is 0 Å². The SMILES string of the molecule is O=C(Nc1cccc(I)c1)c1c(F)ccc([N+](=O)[O-])c1F. The molecule has 0 aromatic heterocycles. The molecule has 0 atom stereocenters.